The van der Waals surface area contributed by atoms with Crippen LogP contribution in [0.4, 0.5) is 0 Å². The highest BCUT2D eigenvalue weighted by Crippen LogP contribution is 2.30. The Hall–Kier alpha value is -3.35. The van der Waals surface area contributed by atoms with Gasteiger partial charge in [0.15, 0.2) is 11.5 Å². The van der Waals surface area contributed by atoms with Crippen LogP contribution < -0.4 is 15.0 Å². The van der Waals surface area contributed by atoms with Crippen LogP contribution in [0.3, 0.4) is 0 Å². The van der Waals surface area contributed by atoms with Gasteiger partial charge in [0, 0.05) is 19.2 Å². The van der Waals surface area contributed by atoms with Gasteiger partial charge in [0.25, 0.3) is 5.56 Å². The second-order valence-electron chi connectivity index (χ2n) is 7.11. The molecule has 2 heterocycles. The van der Waals surface area contributed by atoms with Crippen molar-refractivity contribution in [3.63, 3.8) is 0 Å². The van der Waals surface area contributed by atoms with E-state index in [0.717, 1.165) is 12.0 Å². The maximum Gasteiger partial charge on any atom is 0.262 e. The molecule has 0 saturated heterocycles. The van der Waals surface area contributed by atoms with E-state index in [0.29, 0.717) is 41.3 Å². The summed E-state index contributed by atoms with van der Waals surface area (Å²) in [6, 6.07) is 11.4. The Morgan fingerprint density at radius 3 is 2.52 bits per heavy atom. The quantitative estimate of drug-likeness (QED) is 0.680. The van der Waals surface area contributed by atoms with Crippen molar-refractivity contribution < 1.29 is 14.3 Å². The fourth-order valence-corrected chi connectivity index (χ4v) is 3.79. The number of rotatable bonds is 4. The number of hydrogen-bond donors (Lipinski definition) is 0. The molecule has 29 heavy (non-hydrogen) atoms. The number of hydrogen-bond acceptors (Lipinski definition) is 5. The standard InChI is InChI=1S/C22H23N3O4/c1-14-23-18-11-20(29-3)19(28-2)10-17(18)22(27)25(14)13-21(26)24-9-8-15-6-4-5-7-16(15)12-24/h4-7,10-11H,8-9,12-13H2,1-3H3. The second-order valence-corrected chi connectivity index (χ2v) is 7.11. The van der Waals surface area contributed by atoms with Crippen LogP contribution in [0.1, 0.15) is 17.0 Å². The molecule has 0 fully saturated rings. The van der Waals surface area contributed by atoms with Crippen molar-refractivity contribution in [3.05, 3.63) is 63.7 Å². The van der Waals surface area contributed by atoms with Crippen molar-refractivity contribution in [2.24, 2.45) is 0 Å². The van der Waals surface area contributed by atoms with Gasteiger partial charge < -0.3 is 14.4 Å². The smallest absolute Gasteiger partial charge is 0.262 e. The molecule has 0 N–H and O–H groups in total. The molecule has 1 aromatic heterocycles. The molecule has 0 aliphatic carbocycles. The van der Waals surface area contributed by atoms with E-state index in [1.807, 2.05) is 18.2 Å². The molecular formula is C22H23N3O4. The van der Waals surface area contributed by atoms with Crippen LogP contribution in [-0.4, -0.2) is 41.1 Å². The number of fused-ring (bicyclic) bond motifs is 2. The summed E-state index contributed by atoms with van der Waals surface area (Å²) in [7, 11) is 3.05. The molecule has 0 saturated carbocycles. The second kappa shape index (κ2) is 7.58. The van der Waals surface area contributed by atoms with E-state index in [4.69, 9.17) is 9.47 Å². The molecule has 1 aliphatic rings. The van der Waals surface area contributed by atoms with E-state index in [9.17, 15) is 9.59 Å². The molecule has 0 bridgehead atoms. The number of carbonyl (C=O) groups excluding carboxylic acids is 1. The van der Waals surface area contributed by atoms with Crippen molar-refractivity contribution >= 4 is 16.8 Å². The molecule has 1 amide bonds. The minimum atomic E-state index is -0.265. The fraction of sp³-hybridized carbons (Fsp3) is 0.318. The number of ether oxygens (including phenoxy) is 2. The predicted octanol–water partition coefficient (Wildman–Crippen LogP) is 2.31. The van der Waals surface area contributed by atoms with Crippen molar-refractivity contribution in [2.45, 2.75) is 26.4 Å². The lowest BCUT2D eigenvalue weighted by Crippen LogP contribution is -2.40. The Morgan fingerprint density at radius 2 is 1.79 bits per heavy atom. The van der Waals surface area contributed by atoms with E-state index in [1.165, 1.54) is 24.4 Å². The summed E-state index contributed by atoms with van der Waals surface area (Å²) in [4.78, 5) is 32.3. The first-order valence-electron chi connectivity index (χ1n) is 9.49. The highest BCUT2D eigenvalue weighted by Gasteiger charge is 2.22. The predicted molar refractivity (Wildman–Crippen MR) is 109 cm³/mol. The maximum absolute atomic E-state index is 13.1. The lowest BCUT2D eigenvalue weighted by molar-refractivity contribution is -0.132. The van der Waals surface area contributed by atoms with E-state index < -0.39 is 0 Å². The van der Waals surface area contributed by atoms with Gasteiger partial charge in [-0.3, -0.25) is 14.2 Å². The Bertz CT molecular complexity index is 1150. The molecular weight excluding hydrogens is 370 g/mol. The van der Waals surface area contributed by atoms with E-state index >= 15 is 0 Å². The lowest BCUT2D eigenvalue weighted by Gasteiger charge is -2.29. The summed E-state index contributed by atoms with van der Waals surface area (Å²) in [6.07, 6.45) is 0.822. The van der Waals surface area contributed by atoms with Crippen molar-refractivity contribution in [3.8, 4) is 11.5 Å². The topological polar surface area (TPSA) is 73.7 Å². The third-order valence-electron chi connectivity index (χ3n) is 5.43. The molecule has 1 aliphatic heterocycles. The van der Waals surface area contributed by atoms with Gasteiger partial charge >= 0.3 is 0 Å². The zero-order valence-electron chi connectivity index (χ0n) is 16.8. The Morgan fingerprint density at radius 1 is 1.10 bits per heavy atom. The first-order chi connectivity index (χ1) is 14.0. The lowest BCUT2D eigenvalue weighted by atomic mass is 10.00. The van der Waals surface area contributed by atoms with E-state index in [2.05, 4.69) is 11.1 Å². The van der Waals surface area contributed by atoms with Crippen LogP contribution in [-0.2, 0) is 24.3 Å². The molecule has 0 unspecified atom stereocenters. The number of carbonyl (C=O) groups is 1. The molecule has 2 aromatic carbocycles. The molecule has 4 rings (SSSR count). The zero-order valence-corrected chi connectivity index (χ0v) is 16.8. The average Bonchev–Trinajstić information content (AvgIpc) is 2.75. The summed E-state index contributed by atoms with van der Waals surface area (Å²) < 4.78 is 12.0. The number of aromatic nitrogens is 2. The zero-order chi connectivity index (χ0) is 20.5. The van der Waals surface area contributed by atoms with Gasteiger partial charge in [-0.15, -0.1) is 0 Å². The summed E-state index contributed by atoms with van der Waals surface area (Å²) in [5.41, 5.74) is 2.68. The van der Waals surface area contributed by atoms with Crippen LogP contribution in [0.15, 0.2) is 41.2 Å². The molecule has 0 spiro atoms. The SMILES string of the molecule is COc1cc2nc(C)n(CC(=O)N3CCc4ccccc4C3)c(=O)c2cc1OC. The third kappa shape index (κ3) is 3.44. The van der Waals surface area contributed by atoms with Gasteiger partial charge in [-0.25, -0.2) is 4.98 Å². The number of benzene rings is 2. The molecule has 7 nitrogen and oxygen atoms in total. The minimum Gasteiger partial charge on any atom is -0.493 e. The summed E-state index contributed by atoms with van der Waals surface area (Å²) in [5, 5.41) is 0.394. The van der Waals surface area contributed by atoms with Crippen LogP contribution >= 0.6 is 0 Å². The largest absolute Gasteiger partial charge is 0.493 e. The first kappa shape index (κ1) is 19.0. The van der Waals surface area contributed by atoms with Crippen molar-refractivity contribution in [1.29, 1.82) is 0 Å². The number of aryl methyl sites for hydroxylation is 1. The fourth-order valence-electron chi connectivity index (χ4n) is 3.79. The van der Waals surface area contributed by atoms with Gasteiger partial charge in [-0.2, -0.15) is 0 Å². The van der Waals surface area contributed by atoms with Gasteiger partial charge in [0.1, 0.15) is 12.4 Å². The minimum absolute atomic E-state index is 0.0376. The van der Waals surface area contributed by atoms with E-state index in [-0.39, 0.29) is 18.0 Å². The van der Waals surface area contributed by atoms with Crippen LogP contribution in [0.25, 0.3) is 10.9 Å². The van der Waals surface area contributed by atoms with Crippen LogP contribution in [0.2, 0.25) is 0 Å². The summed E-state index contributed by atoms with van der Waals surface area (Å²) >= 11 is 0. The van der Waals surface area contributed by atoms with Crippen molar-refractivity contribution in [2.75, 3.05) is 20.8 Å². The van der Waals surface area contributed by atoms with Crippen LogP contribution in [0.5, 0.6) is 11.5 Å². The van der Waals surface area contributed by atoms with Crippen LogP contribution in [0, 0.1) is 6.92 Å². The highest BCUT2D eigenvalue weighted by atomic mass is 16.5. The Labute approximate surface area is 168 Å². The number of nitrogens with zero attached hydrogens (tertiary/aromatic N) is 3. The first-order valence-corrected chi connectivity index (χ1v) is 9.49. The maximum atomic E-state index is 13.1. The average molecular weight is 393 g/mol. The molecule has 0 atom stereocenters. The third-order valence-corrected chi connectivity index (χ3v) is 5.43. The van der Waals surface area contributed by atoms with Gasteiger partial charge in [-0.1, -0.05) is 24.3 Å². The van der Waals surface area contributed by atoms with Crippen molar-refractivity contribution in [1.82, 2.24) is 14.5 Å². The molecule has 3 aromatic rings. The molecule has 150 valence electrons. The van der Waals surface area contributed by atoms with Gasteiger partial charge in [-0.05, 0) is 30.5 Å². The Kier molecular flexibility index (Phi) is 4.96. The normalized spacial score (nSPS) is 13.3. The monoisotopic (exact) mass is 393 g/mol. The Balaban J connectivity index is 1.66. The highest BCUT2D eigenvalue weighted by molar-refractivity contribution is 5.83. The molecule has 0 radical (unpaired) electrons. The van der Waals surface area contributed by atoms with Gasteiger partial charge in [0.05, 0.1) is 25.1 Å². The number of amides is 1. The summed E-state index contributed by atoms with van der Waals surface area (Å²) in [5.74, 6) is 1.35. The number of methoxy groups -OCH3 is 2. The summed E-state index contributed by atoms with van der Waals surface area (Å²) in [6.45, 7) is 2.91. The van der Waals surface area contributed by atoms with E-state index in [1.54, 1.807) is 24.0 Å². The van der Waals surface area contributed by atoms with Gasteiger partial charge in [0.2, 0.25) is 5.91 Å². The molecule has 7 heteroatoms.